The number of benzene rings is 1. The number of carboxylic acids is 2. The molecule has 0 radical (unpaired) electrons. The number of thiazole rings is 1. The molecular formula is C32H36N8O10S2. The Hall–Kier alpha value is -5.21. The Bertz CT molecular complexity index is 2120. The van der Waals surface area contributed by atoms with E-state index in [0.717, 1.165) is 29.1 Å². The van der Waals surface area contributed by atoms with Gasteiger partial charge in [0, 0.05) is 42.2 Å². The molecule has 2 aromatic heterocycles. The van der Waals surface area contributed by atoms with Crippen LogP contribution in [0.1, 0.15) is 45.0 Å². The lowest BCUT2D eigenvalue weighted by Crippen LogP contribution is -2.72. The van der Waals surface area contributed by atoms with Crippen molar-refractivity contribution in [3.8, 4) is 11.5 Å². The number of nitrogens with zero attached hydrogens (tertiary/aromatic N) is 6. The van der Waals surface area contributed by atoms with E-state index in [2.05, 4.69) is 20.6 Å². The summed E-state index contributed by atoms with van der Waals surface area (Å²) in [6, 6.07) is 1.33. The molecule has 276 valence electrons. The molecule has 2 atom stereocenters. The molecular weight excluding hydrogens is 721 g/mol. The standard InChI is InChI=1S/C32H36N8O10S2/c1-4-38-19-10-21(42)20(41)9-16(19)25(43)17(36-38)12-40(7-5-6-8-40)11-15-13-51-28-23(27(45)39(28)24(15)29(46)47)35-26(44)22(18-14-52-31(33)34-18)37-50-32(2,3)30(48)49/h9-10,14,23,28H,4-8,11-13H2,1-3H3,(H6-,33,34,35,36,37,41,42,43,44,46,47,48,49)/t23-,28-/m1/s1. The molecule has 3 aromatic rings. The summed E-state index contributed by atoms with van der Waals surface area (Å²) >= 11 is 2.25. The van der Waals surface area contributed by atoms with Crippen molar-refractivity contribution in [3.05, 3.63) is 50.4 Å². The van der Waals surface area contributed by atoms with Crippen molar-refractivity contribution in [3.63, 3.8) is 0 Å². The SMILES string of the molecule is CCn1nc(C[N+]2(CC3=C(C(=O)[O-])N4C(=O)[C@@H](NC(=O)/C(=N\OC(C)(C)C(=O)O)c5csc(N)n5)[C@H]4SC3)CCCC2)c(=O)c2cc(O)c(O)cc21. The van der Waals surface area contributed by atoms with Crippen LogP contribution in [0.3, 0.4) is 0 Å². The number of likely N-dealkylation sites (tertiary alicyclic amines) is 1. The van der Waals surface area contributed by atoms with Crippen LogP contribution in [0.5, 0.6) is 11.5 Å². The fourth-order valence-electron chi connectivity index (χ4n) is 6.61. The first-order valence-electron chi connectivity index (χ1n) is 16.3. The first kappa shape index (κ1) is 36.6. The van der Waals surface area contributed by atoms with Crippen molar-refractivity contribution in [1.82, 2.24) is 25.0 Å². The molecule has 2 amide bonds. The first-order chi connectivity index (χ1) is 24.6. The number of rotatable bonds is 12. The van der Waals surface area contributed by atoms with Gasteiger partial charge < -0.3 is 45.6 Å². The third-order valence-electron chi connectivity index (χ3n) is 9.33. The van der Waals surface area contributed by atoms with Gasteiger partial charge >= 0.3 is 5.97 Å². The van der Waals surface area contributed by atoms with Gasteiger partial charge in [0.15, 0.2) is 28.0 Å². The molecule has 52 heavy (non-hydrogen) atoms. The average Bonchev–Trinajstić information content (AvgIpc) is 3.74. The van der Waals surface area contributed by atoms with Gasteiger partial charge in [-0.05, 0) is 26.8 Å². The summed E-state index contributed by atoms with van der Waals surface area (Å²) in [4.78, 5) is 75.1. The summed E-state index contributed by atoms with van der Waals surface area (Å²) in [5.74, 6) is -5.16. The van der Waals surface area contributed by atoms with E-state index >= 15 is 0 Å². The molecule has 2 saturated heterocycles. The number of aryl methyl sites for hydroxylation is 1. The van der Waals surface area contributed by atoms with Gasteiger partial charge in [-0.25, -0.2) is 9.78 Å². The topological polar surface area (TPSA) is 263 Å². The van der Waals surface area contributed by atoms with Crippen LogP contribution >= 0.6 is 23.1 Å². The van der Waals surface area contributed by atoms with E-state index in [9.17, 15) is 44.4 Å². The summed E-state index contributed by atoms with van der Waals surface area (Å²) in [7, 11) is 0. The lowest BCUT2D eigenvalue weighted by Gasteiger charge is -2.51. The molecule has 0 spiro atoms. The van der Waals surface area contributed by atoms with E-state index in [0.29, 0.717) is 35.2 Å². The minimum absolute atomic E-state index is 0.0140. The fourth-order valence-corrected chi connectivity index (χ4v) is 8.49. The van der Waals surface area contributed by atoms with Crippen LogP contribution in [0.15, 0.2) is 38.7 Å². The molecule has 18 nitrogen and oxygen atoms in total. The van der Waals surface area contributed by atoms with E-state index in [1.807, 2.05) is 6.92 Å². The molecule has 1 aromatic carbocycles. The summed E-state index contributed by atoms with van der Waals surface area (Å²) in [6.45, 7) is 6.23. The lowest BCUT2D eigenvalue weighted by atomic mass is 10.0. The van der Waals surface area contributed by atoms with Crippen molar-refractivity contribution in [2.75, 3.05) is 31.1 Å². The maximum absolute atomic E-state index is 13.6. The highest BCUT2D eigenvalue weighted by Gasteiger charge is 2.54. The Balaban J connectivity index is 1.26. The number of anilines is 1. The lowest BCUT2D eigenvalue weighted by molar-refractivity contribution is -0.925. The van der Waals surface area contributed by atoms with Crippen LogP contribution in [-0.4, -0.2) is 111 Å². The zero-order valence-electron chi connectivity index (χ0n) is 28.3. The van der Waals surface area contributed by atoms with Crippen molar-refractivity contribution in [2.45, 2.75) is 63.7 Å². The average molecular weight is 757 g/mol. The highest BCUT2D eigenvalue weighted by Crippen LogP contribution is 2.41. The second kappa shape index (κ2) is 13.7. The number of hydrogen-bond acceptors (Lipinski definition) is 15. The van der Waals surface area contributed by atoms with Crippen LogP contribution in [0, 0.1) is 0 Å². The van der Waals surface area contributed by atoms with Crippen LogP contribution in [-0.2, 0) is 37.1 Å². The number of carboxylic acid groups (broad SMARTS) is 2. The normalized spacial score (nSPS) is 20.1. The Morgan fingerprint density at radius 3 is 2.48 bits per heavy atom. The number of aromatic hydroxyl groups is 2. The number of fused-ring (bicyclic) bond motifs is 2. The number of phenolic OH excluding ortho intramolecular Hbond substituents is 2. The quantitative estimate of drug-likeness (QED) is 0.0521. The number of aromatic nitrogens is 3. The molecule has 0 unspecified atom stereocenters. The molecule has 0 saturated carbocycles. The van der Waals surface area contributed by atoms with Crippen molar-refractivity contribution in [1.29, 1.82) is 0 Å². The van der Waals surface area contributed by atoms with E-state index in [4.69, 9.17) is 10.6 Å². The summed E-state index contributed by atoms with van der Waals surface area (Å²) in [5.41, 5.74) is 3.79. The molecule has 0 aliphatic carbocycles. The van der Waals surface area contributed by atoms with Crippen LogP contribution in [0.4, 0.5) is 5.13 Å². The number of amides is 2. The van der Waals surface area contributed by atoms with Crippen LogP contribution in [0.25, 0.3) is 10.9 Å². The number of phenols is 2. The molecule has 2 fully saturated rings. The first-order valence-corrected chi connectivity index (χ1v) is 18.2. The number of nitrogens with two attached hydrogens (primary N) is 1. The van der Waals surface area contributed by atoms with E-state index in [1.165, 1.54) is 43.1 Å². The van der Waals surface area contributed by atoms with Crippen molar-refractivity contribution >= 4 is 68.6 Å². The monoisotopic (exact) mass is 756 g/mol. The molecule has 5 heterocycles. The molecule has 6 rings (SSSR count). The predicted octanol–water partition coefficient (Wildman–Crippen LogP) is -0.335. The van der Waals surface area contributed by atoms with Crippen molar-refractivity contribution in [2.24, 2.45) is 5.16 Å². The molecule has 20 heteroatoms. The maximum atomic E-state index is 13.6. The highest BCUT2D eigenvalue weighted by atomic mass is 32.2. The maximum Gasteiger partial charge on any atom is 0.350 e. The van der Waals surface area contributed by atoms with E-state index in [1.54, 1.807) is 4.68 Å². The van der Waals surface area contributed by atoms with Gasteiger partial charge in [0.25, 0.3) is 11.8 Å². The fraction of sp³-hybridized carbons (Fsp3) is 0.438. The minimum Gasteiger partial charge on any atom is -0.543 e. The number of aliphatic carboxylic acids is 2. The zero-order valence-corrected chi connectivity index (χ0v) is 30.0. The van der Waals surface area contributed by atoms with E-state index < -0.39 is 57.7 Å². The molecule has 3 aliphatic heterocycles. The number of thioether (sulfide) groups is 1. The predicted molar refractivity (Wildman–Crippen MR) is 186 cm³/mol. The number of nitrogen functional groups attached to an aromatic ring is 1. The van der Waals surface area contributed by atoms with Gasteiger partial charge in [0.2, 0.25) is 11.0 Å². The highest BCUT2D eigenvalue weighted by molar-refractivity contribution is 8.00. The van der Waals surface area contributed by atoms with Gasteiger partial charge in [-0.3, -0.25) is 24.0 Å². The molecule has 6 N–H and O–H groups in total. The Kier molecular flexibility index (Phi) is 9.66. The van der Waals surface area contributed by atoms with Gasteiger partial charge in [-0.15, -0.1) is 23.1 Å². The Labute approximate surface area is 303 Å². The number of β-lactam (4-membered cyclic amide) rings is 1. The second-order valence-corrected chi connectivity index (χ2v) is 15.3. The largest absolute Gasteiger partial charge is 0.543 e. The number of nitrogens with one attached hydrogen (secondary N) is 1. The molecule has 3 aliphatic rings. The summed E-state index contributed by atoms with van der Waals surface area (Å²) < 4.78 is 1.86. The number of quaternary nitrogens is 1. The van der Waals surface area contributed by atoms with Crippen LogP contribution < -0.4 is 21.6 Å². The third kappa shape index (κ3) is 6.63. The zero-order chi connectivity index (χ0) is 37.7. The summed E-state index contributed by atoms with van der Waals surface area (Å²) in [6.07, 6.45) is 1.62. The minimum atomic E-state index is -1.81. The van der Waals surface area contributed by atoms with E-state index in [-0.39, 0.29) is 52.2 Å². The molecule has 0 bridgehead atoms. The Morgan fingerprint density at radius 1 is 1.17 bits per heavy atom. The Morgan fingerprint density at radius 2 is 1.87 bits per heavy atom. The van der Waals surface area contributed by atoms with Gasteiger partial charge in [0.05, 0.1) is 35.7 Å². The van der Waals surface area contributed by atoms with Gasteiger partial charge in [-0.2, -0.15) is 5.10 Å². The van der Waals surface area contributed by atoms with Crippen molar-refractivity contribution < 1.29 is 48.9 Å². The third-order valence-corrected chi connectivity index (χ3v) is 11.3. The number of oxime groups is 1. The van der Waals surface area contributed by atoms with Gasteiger partial charge in [0.1, 0.15) is 30.2 Å². The number of hydrogen-bond donors (Lipinski definition) is 5. The van der Waals surface area contributed by atoms with Gasteiger partial charge in [-0.1, -0.05) is 5.16 Å². The van der Waals surface area contributed by atoms with Crippen LogP contribution in [0.2, 0.25) is 0 Å². The summed E-state index contributed by atoms with van der Waals surface area (Å²) in [5, 5.41) is 54.0. The number of carbonyl (C=O) groups is 4. The second-order valence-electron chi connectivity index (χ2n) is 13.3. The smallest absolute Gasteiger partial charge is 0.350 e. The number of carbonyl (C=O) groups excluding carboxylic acids is 3.